The van der Waals surface area contributed by atoms with Gasteiger partial charge in [-0.25, -0.2) is 4.68 Å². The van der Waals surface area contributed by atoms with Crippen molar-refractivity contribution in [3.8, 4) is 5.69 Å². The Bertz CT molecular complexity index is 495. The Morgan fingerprint density at radius 2 is 2.11 bits per heavy atom. The lowest BCUT2D eigenvalue weighted by Crippen LogP contribution is -2.18. The van der Waals surface area contributed by atoms with E-state index in [0.29, 0.717) is 5.92 Å². The van der Waals surface area contributed by atoms with Gasteiger partial charge < -0.3 is 4.90 Å². The standard InChI is InChI=1S/C13H21N5/c1-11(2)13-5-6-18(15-13)12-9-14-17(10-12)8-7-16(3)4/h5-6,9-11H,7-8H2,1-4H3. The van der Waals surface area contributed by atoms with Crippen LogP contribution in [0.5, 0.6) is 0 Å². The molecule has 0 aromatic carbocycles. The van der Waals surface area contributed by atoms with Crippen molar-refractivity contribution in [3.63, 3.8) is 0 Å². The number of aromatic nitrogens is 4. The van der Waals surface area contributed by atoms with Gasteiger partial charge in [0.05, 0.1) is 24.6 Å². The molecule has 0 bridgehead atoms. The summed E-state index contributed by atoms with van der Waals surface area (Å²) in [4.78, 5) is 2.14. The molecule has 0 amide bonds. The number of rotatable bonds is 5. The molecule has 2 rings (SSSR count). The minimum Gasteiger partial charge on any atom is -0.308 e. The zero-order valence-corrected chi connectivity index (χ0v) is 11.5. The van der Waals surface area contributed by atoms with Crippen LogP contribution in [0.25, 0.3) is 5.69 Å². The molecule has 2 aromatic rings. The zero-order valence-electron chi connectivity index (χ0n) is 11.5. The van der Waals surface area contributed by atoms with Crippen LogP contribution in [0.15, 0.2) is 24.7 Å². The van der Waals surface area contributed by atoms with Gasteiger partial charge in [0.1, 0.15) is 5.69 Å². The summed E-state index contributed by atoms with van der Waals surface area (Å²) in [6.07, 6.45) is 5.87. The Morgan fingerprint density at radius 1 is 1.33 bits per heavy atom. The average Bonchev–Trinajstić information content (AvgIpc) is 2.95. The highest BCUT2D eigenvalue weighted by Crippen LogP contribution is 2.13. The summed E-state index contributed by atoms with van der Waals surface area (Å²) >= 11 is 0. The van der Waals surface area contributed by atoms with Crippen LogP contribution in [-0.2, 0) is 6.54 Å². The van der Waals surface area contributed by atoms with E-state index in [0.717, 1.165) is 24.5 Å². The van der Waals surface area contributed by atoms with E-state index in [4.69, 9.17) is 0 Å². The summed E-state index contributed by atoms with van der Waals surface area (Å²) in [6.45, 7) is 6.17. The molecule has 2 aromatic heterocycles. The lowest BCUT2D eigenvalue weighted by Gasteiger charge is -2.08. The Hall–Kier alpha value is -1.62. The van der Waals surface area contributed by atoms with Crippen molar-refractivity contribution in [1.82, 2.24) is 24.5 Å². The maximum atomic E-state index is 4.54. The highest BCUT2D eigenvalue weighted by molar-refractivity contribution is 5.25. The molecule has 0 unspecified atom stereocenters. The van der Waals surface area contributed by atoms with E-state index in [1.807, 2.05) is 28.0 Å². The van der Waals surface area contributed by atoms with Crippen LogP contribution in [-0.4, -0.2) is 45.1 Å². The minimum atomic E-state index is 0.454. The summed E-state index contributed by atoms with van der Waals surface area (Å²) in [5.41, 5.74) is 2.12. The van der Waals surface area contributed by atoms with E-state index in [1.165, 1.54) is 0 Å². The highest BCUT2D eigenvalue weighted by atomic mass is 15.3. The normalized spacial score (nSPS) is 11.7. The zero-order chi connectivity index (χ0) is 13.1. The van der Waals surface area contributed by atoms with Crippen molar-refractivity contribution in [3.05, 3.63) is 30.4 Å². The summed E-state index contributed by atoms with van der Waals surface area (Å²) < 4.78 is 3.83. The van der Waals surface area contributed by atoms with Gasteiger partial charge in [0, 0.05) is 12.7 Å². The monoisotopic (exact) mass is 247 g/mol. The summed E-state index contributed by atoms with van der Waals surface area (Å²) in [5.74, 6) is 0.454. The van der Waals surface area contributed by atoms with E-state index in [2.05, 4.69) is 49.1 Å². The second-order valence-electron chi connectivity index (χ2n) is 5.10. The smallest absolute Gasteiger partial charge is 0.102 e. The van der Waals surface area contributed by atoms with Gasteiger partial charge in [-0.05, 0) is 26.1 Å². The van der Waals surface area contributed by atoms with E-state index in [-0.39, 0.29) is 0 Å². The molecular formula is C13H21N5. The first kappa shape index (κ1) is 12.8. The van der Waals surface area contributed by atoms with Crippen LogP contribution in [0.1, 0.15) is 25.5 Å². The fourth-order valence-electron chi connectivity index (χ4n) is 1.69. The van der Waals surface area contributed by atoms with Crippen LogP contribution >= 0.6 is 0 Å². The third-order valence-electron chi connectivity index (χ3n) is 2.86. The molecule has 0 aliphatic rings. The lowest BCUT2D eigenvalue weighted by atomic mass is 10.1. The van der Waals surface area contributed by atoms with Crippen LogP contribution in [0, 0.1) is 0 Å². The van der Waals surface area contributed by atoms with Gasteiger partial charge in [-0.15, -0.1) is 0 Å². The second kappa shape index (κ2) is 5.35. The summed E-state index contributed by atoms with van der Waals surface area (Å²) in [7, 11) is 4.12. The maximum Gasteiger partial charge on any atom is 0.102 e. The molecule has 0 atom stereocenters. The van der Waals surface area contributed by atoms with Gasteiger partial charge in [-0.2, -0.15) is 10.2 Å². The van der Waals surface area contributed by atoms with Gasteiger partial charge >= 0.3 is 0 Å². The fraction of sp³-hybridized carbons (Fsp3) is 0.538. The third-order valence-corrected chi connectivity index (χ3v) is 2.86. The van der Waals surface area contributed by atoms with Crippen LogP contribution < -0.4 is 0 Å². The van der Waals surface area contributed by atoms with Gasteiger partial charge in [0.2, 0.25) is 0 Å². The topological polar surface area (TPSA) is 38.9 Å². The van der Waals surface area contributed by atoms with Crippen LogP contribution in [0.2, 0.25) is 0 Å². The minimum absolute atomic E-state index is 0.454. The molecular weight excluding hydrogens is 226 g/mol. The first-order chi connectivity index (χ1) is 8.56. The molecule has 2 heterocycles. The Balaban J connectivity index is 2.08. The van der Waals surface area contributed by atoms with E-state index in [9.17, 15) is 0 Å². The van der Waals surface area contributed by atoms with Crippen molar-refractivity contribution < 1.29 is 0 Å². The van der Waals surface area contributed by atoms with Crippen molar-refractivity contribution in [2.45, 2.75) is 26.3 Å². The van der Waals surface area contributed by atoms with E-state index < -0.39 is 0 Å². The number of hydrogen-bond acceptors (Lipinski definition) is 3. The number of nitrogens with zero attached hydrogens (tertiary/aromatic N) is 5. The quantitative estimate of drug-likeness (QED) is 0.808. The van der Waals surface area contributed by atoms with Crippen molar-refractivity contribution in [1.29, 1.82) is 0 Å². The predicted octanol–water partition coefficient (Wildman–Crippen LogP) is 1.75. The number of likely N-dealkylation sites (N-methyl/N-ethyl adjacent to an activating group) is 1. The SMILES string of the molecule is CC(C)c1ccn(-c2cnn(CCN(C)C)c2)n1. The molecule has 0 N–H and O–H groups in total. The molecule has 0 saturated carbocycles. The molecule has 5 nitrogen and oxygen atoms in total. The molecule has 0 spiro atoms. The van der Waals surface area contributed by atoms with E-state index >= 15 is 0 Å². The van der Waals surface area contributed by atoms with Crippen molar-refractivity contribution >= 4 is 0 Å². The van der Waals surface area contributed by atoms with Crippen molar-refractivity contribution in [2.75, 3.05) is 20.6 Å². The summed E-state index contributed by atoms with van der Waals surface area (Å²) in [5, 5.41) is 8.89. The Morgan fingerprint density at radius 3 is 2.72 bits per heavy atom. The molecule has 18 heavy (non-hydrogen) atoms. The lowest BCUT2D eigenvalue weighted by molar-refractivity contribution is 0.373. The van der Waals surface area contributed by atoms with Gasteiger partial charge in [-0.1, -0.05) is 13.8 Å². The molecule has 0 fully saturated rings. The largest absolute Gasteiger partial charge is 0.308 e. The molecule has 5 heteroatoms. The van der Waals surface area contributed by atoms with Gasteiger partial charge in [0.25, 0.3) is 0 Å². The first-order valence-corrected chi connectivity index (χ1v) is 6.29. The molecule has 98 valence electrons. The van der Waals surface area contributed by atoms with Crippen LogP contribution in [0.4, 0.5) is 0 Å². The van der Waals surface area contributed by atoms with Crippen molar-refractivity contribution in [2.24, 2.45) is 0 Å². The summed E-state index contributed by atoms with van der Waals surface area (Å²) in [6, 6.07) is 2.06. The first-order valence-electron chi connectivity index (χ1n) is 6.29. The van der Waals surface area contributed by atoms with Gasteiger partial charge in [0.15, 0.2) is 0 Å². The fourth-order valence-corrected chi connectivity index (χ4v) is 1.69. The maximum absolute atomic E-state index is 4.54. The average molecular weight is 247 g/mol. The second-order valence-corrected chi connectivity index (χ2v) is 5.10. The third kappa shape index (κ3) is 2.98. The molecule has 0 aliphatic carbocycles. The molecule has 0 radical (unpaired) electrons. The molecule has 0 saturated heterocycles. The highest BCUT2D eigenvalue weighted by Gasteiger charge is 2.06. The van der Waals surface area contributed by atoms with E-state index in [1.54, 1.807) is 0 Å². The van der Waals surface area contributed by atoms with Gasteiger partial charge in [-0.3, -0.25) is 4.68 Å². The molecule has 0 aliphatic heterocycles. The van der Waals surface area contributed by atoms with Crippen LogP contribution in [0.3, 0.4) is 0 Å². The predicted molar refractivity (Wildman–Crippen MR) is 72.0 cm³/mol. The Labute approximate surface area is 108 Å². The Kier molecular flexibility index (Phi) is 3.81. The number of hydrogen-bond donors (Lipinski definition) is 0.